The predicted molar refractivity (Wildman–Crippen MR) is 132 cm³/mol. The van der Waals surface area contributed by atoms with E-state index in [-0.39, 0.29) is 5.91 Å². The van der Waals surface area contributed by atoms with Crippen molar-refractivity contribution in [1.29, 1.82) is 0 Å². The molecule has 0 unspecified atom stereocenters. The minimum Gasteiger partial charge on any atom is -0.340 e. The van der Waals surface area contributed by atoms with E-state index in [2.05, 4.69) is 25.7 Å². The highest BCUT2D eigenvalue weighted by Crippen LogP contribution is 2.27. The van der Waals surface area contributed by atoms with Crippen LogP contribution in [0.1, 0.15) is 17.0 Å². The summed E-state index contributed by atoms with van der Waals surface area (Å²) in [6.07, 6.45) is 5.01. The number of hydrogen-bond acceptors (Lipinski definition) is 5. The number of nitrogens with one attached hydrogen (secondary N) is 2. The molecular weight excluding hydrogens is 424 g/mol. The zero-order chi connectivity index (χ0) is 23.2. The molecule has 2 aromatic heterocycles. The van der Waals surface area contributed by atoms with Gasteiger partial charge in [0, 0.05) is 29.8 Å². The minimum absolute atomic E-state index is 0.0854. The van der Waals surface area contributed by atoms with Crippen molar-refractivity contribution in [2.24, 2.45) is 0 Å². The molecule has 0 aliphatic heterocycles. The van der Waals surface area contributed by atoms with E-state index in [0.29, 0.717) is 17.3 Å². The first kappa shape index (κ1) is 21.1. The summed E-state index contributed by atoms with van der Waals surface area (Å²) in [4.78, 5) is 21.8. The van der Waals surface area contributed by atoms with Crippen LogP contribution < -0.4 is 10.6 Å². The Morgan fingerprint density at radius 3 is 2.03 bits per heavy atom. The van der Waals surface area contributed by atoms with E-state index in [1.807, 2.05) is 103 Å². The quantitative estimate of drug-likeness (QED) is 0.360. The average molecular weight is 447 g/mol. The Morgan fingerprint density at radius 1 is 0.765 bits per heavy atom. The van der Waals surface area contributed by atoms with Crippen molar-refractivity contribution in [2.45, 2.75) is 5.92 Å². The topological polar surface area (TPSA) is 84.7 Å². The standard InChI is InChI=1S/C27H22N6O/c34-27(26(20-8-3-1-4-9-20)21-10-5-2-6-11-21)32-23-14-12-22(13-15-23)31-24-18-25(29-19-28-24)33-17-7-16-30-33/h1-19,26H,(H,32,34)(H,28,29,31). The SMILES string of the molecule is O=C(Nc1ccc(Nc2cc(-n3cccn3)ncn2)cc1)C(c1ccccc1)c1ccccc1. The molecule has 2 N–H and O–H groups in total. The maximum absolute atomic E-state index is 13.3. The largest absolute Gasteiger partial charge is 0.340 e. The Labute approximate surface area is 197 Å². The van der Waals surface area contributed by atoms with Gasteiger partial charge in [0.05, 0.1) is 5.92 Å². The van der Waals surface area contributed by atoms with Gasteiger partial charge in [0.25, 0.3) is 0 Å². The van der Waals surface area contributed by atoms with Gasteiger partial charge in [-0.1, -0.05) is 60.7 Å². The van der Waals surface area contributed by atoms with Gasteiger partial charge in [0.15, 0.2) is 5.82 Å². The van der Waals surface area contributed by atoms with E-state index in [1.165, 1.54) is 6.33 Å². The third kappa shape index (κ3) is 4.83. The van der Waals surface area contributed by atoms with Crippen molar-refractivity contribution in [3.63, 3.8) is 0 Å². The van der Waals surface area contributed by atoms with Crippen LogP contribution in [0.15, 0.2) is 116 Å². The highest BCUT2D eigenvalue weighted by Gasteiger charge is 2.22. The molecular formula is C27H22N6O. The molecule has 3 aromatic carbocycles. The Hall–Kier alpha value is -4.78. The molecule has 0 spiro atoms. The molecule has 1 amide bonds. The molecule has 0 bridgehead atoms. The number of nitrogens with zero attached hydrogens (tertiary/aromatic N) is 4. The summed E-state index contributed by atoms with van der Waals surface area (Å²) in [6, 6.07) is 30.8. The first-order valence-electron chi connectivity index (χ1n) is 10.9. The Balaban J connectivity index is 1.31. The van der Waals surface area contributed by atoms with E-state index in [1.54, 1.807) is 10.9 Å². The summed E-state index contributed by atoms with van der Waals surface area (Å²) in [5.41, 5.74) is 3.44. The molecule has 5 aromatic rings. The first-order valence-corrected chi connectivity index (χ1v) is 10.9. The molecule has 166 valence electrons. The zero-order valence-corrected chi connectivity index (χ0v) is 18.2. The van der Waals surface area contributed by atoms with E-state index < -0.39 is 5.92 Å². The van der Waals surface area contributed by atoms with Crippen LogP contribution in [0, 0.1) is 0 Å². The molecule has 0 radical (unpaired) electrons. The summed E-state index contributed by atoms with van der Waals surface area (Å²) in [7, 11) is 0. The van der Waals surface area contributed by atoms with Gasteiger partial charge in [-0.2, -0.15) is 5.10 Å². The Bertz CT molecular complexity index is 1310. The van der Waals surface area contributed by atoms with Crippen molar-refractivity contribution in [1.82, 2.24) is 19.7 Å². The van der Waals surface area contributed by atoms with Gasteiger partial charge in [-0.3, -0.25) is 4.79 Å². The summed E-state index contributed by atoms with van der Waals surface area (Å²) >= 11 is 0. The van der Waals surface area contributed by atoms with Crippen molar-refractivity contribution in [3.8, 4) is 5.82 Å². The third-order valence-electron chi connectivity index (χ3n) is 5.34. The van der Waals surface area contributed by atoms with Crippen molar-refractivity contribution in [3.05, 3.63) is 127 Å². The van der Waals surface area contributed by atoms with Gasteiger partial charge in [0.2, 0.25) is 5.91 Å². The highest BCUT2D eigenvalue weighted by atomic mass is 16.1. The average Bonchev–Trinajstić information content (AvgIpc) is 3.42. The minimum atomic E-state index is -0.401. The van der Waals surface area contributed by atoms with E-state index >= 15 is 0 Å². The summed E-state index contributed by atoms with van der Waals surface area (Å²) < 4.78 is 1.67. The van der Waals surface area contributed by atoms with Crippen LogP contribution in [-0.4, -0.2) is 25.7 Å². The van der Waals surface area contributed by atoms with Crippen LogP contribution in [0.3, 0.4) is 0 Å². The fourth-order valence-electron chi connectivity index (χ4n) is 3.73. The lowest BCUT2D eigenvalue weighted by molar-refractivity contribution is -0.116. The van der Waals surface area contributed by atoms with Crippen LogP contribution in [0.5, 0.6) is 0 Å². The molecule has 0 aliphatic carbocycles. The molecule has 2 heterocycles. The second-order valence-electron chi connectivity index (χ2n) is 7.66. The second kappa shape index (κ2) is 9.79. The highest BCUT2D eigenvalue weighted by molar-refractivity contribution is 5.98. The van der Waals surface area contributed by atoms with Crippen LogP contribution in [0.4, 0.5) is 17.2 Å². The fourth-order valence-corrected chi connectivity index (χ4v) is 3.73. The van der Waals surface area contributed by atoms with Crippen LogP contribution in [0.2, 0.25) is 0 Å². The zero-order valence-electron chi connectivity index (χ0n) is 18.2. The number of carbonyl (C=O) groups excluding carboxylic acids is 1. The van der Waals surface area contributed by atoms with E-state index in [0.717, 1.165) is 16.8 Å². The number of benzene rings is 3. The lowest BCUT2D eigenvalue weighted by Crippen LogP contribution is -2.22. The lowest BCUT2D eigenvalue weighted by Gasteiger charge is -2.18. The summed E-state index contributed by atoms with van der Waals surface area (Å²) in [6.45, 7) is 0. The number of anilines is 3. The number of aromatic nitrogens is 4. The van der Waals surface area contributed by atoms with Gasteiger partial charge in [-0.25, -0.2) is 14.6 Å². The van der Waals surface area contributed by atoms with Gasteiger partial charge < -0.3 is 10.6 Å². The molecule has 0 fully saturated rings. The predicted octanol–water partition coefficient (Wildman–Crippen LogP) is 5.18. The third-order valence-corrected chi connectivity index (χ3v) is 5.34. The monoisotopic (exact) mass is 446 g/mol. The van der Waals surface area contributed by atoms with E-state index in [4.69, 9.17) is 0 Å². The Kier molecular flexibility index (Phi) is 6.07. The molecule has 0 saturated carbocycles. The van der Waals surface area contributed by atoms with E-state index in [9.17, 15) is 4.79 Å². The van der Waals surface area contributed by atoms with Gasteiger partial charge in [0.1, 0.15) is 12.1 Å². The lowest BCUT2D eigenvalue weighted by atomic mass is 9.90. The normalized spacial score (nSPS) is 10.7. The summed E-state index contributed by atoms with van der Waals surface area (Å²) in [5.74, 6) is 0.824. The van der Waals surface area contributed by atoms with Gasteiger partial charge in [-0.15, -0.1) is 0 Å². The maximum atomic E-state index is 13.3. The Morgan fingerprint density at radius 2 is 1.41 bits per heavy atom. The number of amides is 1. The van der Waals surface area contributed by atoms with Crippen LogP contribution in [0.25, 0.3) is 5.82 Å². The van der Waals surface area contributed by atoms with Gasteiger partial charge in [-0.05, 0) is 41.5 Å². The smallest absolute Gasteiger partial charge is 0.236 e. The molecule has 7 nitrogen and oxygen atoms in total. The molecule has 5 rings (SSSR count). The molecule has 34 heavy (non-hydrogen) atoms. The van der Waals surface area contributed by atoms with Gasteiger partial charge >= 0.3 is 0 Å². The van der Waals surface area contributed by atoms with Crippen molar-refractivity contribution >= 4 is 23.1 Å². The summed E-state index contributed by atoms with van der Waals surface area (Å²) in [5, 5.41) is 10.5. The number of carbonyl (C=O) groups is 1. The molecule has 0 atom stereocenters. The second-order valence-corrected chi connectivity index (χ2v) is 7.66. The fraction of sp³-hybridized carbons (Fsp3) is 0.0370. The number of rotatable bonds is 7. The van der Waals surface area contributed by atoms with Crippen molar-refractivity contribution < 1.29 is 4.79 Å². The van der Waals surface area contributed by atoms with Crippen LogP contribution in [-0.2, 0) is 4.79 Å². The first-order chi connectivity index (χ1) is 16.8. The molecule has 0 saturated heterocycles. The molecule has 0 aliphatic rings. The van der Waals surface area contributed by atoms with Crippen molar-refractivity contribution in [2.75, 3.05) is 10.6 Å². The maximum Gasteiger partial charge on any atom is 0.236 e. The molecule has 7 heteroatoms. The number of hydrogen-bond donors (Lipinski definition) is 2. The van der Waals surface area contributed by atoms with Crippen LogP contribution >= 0.6 is 0 Å².